The van der Waals surface area contributed by atoms with Gasteiger partial charge in [0.1, 0.15) is 29.1 Å². The number of benzene rings is 3. The van der Waals surface area contributed by atoms with Gasteiger partial charge in [0.25, 0.3) is 5.56 Å². The Morgan fingerprint density at radius 1 is 1.04 bits per heavy atom. The second kappa shape index (κ2) is 13.1. The number of anilines is 1. The first-order chi connectivity index (χ1) is 21.5. The molecule has 0 bridgehead atoms. The minimum atomic E-state index is -4.99. The predicted octanol–water partition coefficient (Wildman–Crippen LogP) is 6.44. The Morgan fingerprint density at radius 3 is 2.42 bits per heavy atom. The minimum Gasteiger partial charge on any atom is -0.497 e. The van der Waals surface area contributed by atoms with E-state index in [4.69, 9.17) is 14.0 Å². The smallest absolute Gasteiger partial charge is 0.429 e. The van der Waals surface area contributed by atoms with Gasteiger partial charge in [0.2, 0.25) is 6.10 Å². The molecule has 2 heterocycles. The van der Waals surface area contributed by atoms with Crippen molar-refractivity contribution < 1.29 is 40.5 Å². The third kappa shape index (κ3) is 6.54. The standard InChI is InChI=1S/C30H23F4N3O6S2/c1-40-20-6-3-18(4-7-20)16-36(27-11-12-43-35-27)45(39)21-8-9-24-19(13-21)5-10-28(38)37(24)25-15-23(31)22(14-26(25)41-2)29(42-17-44)30(32,33)34/h3-15,17,29H,16H2,1-2H3. The maximum Gasteiger partial charge on any atom is 0.429 e. The lowest BCUT2D eigenvalue weighted by molar-refractivity contribution is -0.200. The highest BCUT2D eigenvalue weighted by Gasteiger charge is 2.44. The van der Waals surface area contributed by atoms with Crippen LogP contribution in [-0.4, -0.2) is 39.9 Å². The zero-order chi connectivity index (χ0) is 32.3. The molecule has 2 unspecified atom stereocenters. The van der Waals surface area contributed by atoms with Crippen molar-refractivity contribution >= 4 is 45.5 Å². The lowest BCUT2D eigenvalue weighted by atomic mass is 10.1. The van der Waals surface area contributed by atoms with Crippen LogP contribution in [0.2, 0.25) is 0 Å². The number of methoxy groups -OCH3 is 2. The summed E-state index contributed by atoms with van der Waals surface area (Å²) >= 11 is 4.40. The van der Waals surface area contributed by atoms with Crippen LogP contribution in [-0.2, 0) is 22.3 Å². The number of rotatable bonds is 11. The Hall–Kier alpha value is -4.76. The molecule has 234 valence electrons. The molecule has 0 aliphatic carbocycles. The van der Waals surface area contributed by atoms with E-state index in [1.165, 1.54) is 41.9 Å². The molecule has 5 rings (SSSR count). The van der Waals surface area contributed by atoms with E-state index < -0.39 is 40.2 Å². The summed E-state index contributed by atoms with van der Waals surface area (Å²) in [5.41, 5.74) is -0.194. The van der Waals surface area contributed by atoms with Crippen LogP contribution < -0.4 is 19.3 Å². The van der Waals surface area contributed by atoms with Gasteiger partial charge in [-0.05, 0) is 60.2 Å². The Bertz CT molecular complexity index is 1910. The lowest BCUT2D eigenvalue weighted by Gasteiger charge is -2.22. The number of thiocarbonyl (C=S) groups is 1. The summed E-state index contributed by atoms with van der Waals surface area (Å²) in [7, 11) is 0.894. The zero-order valence-corrected chi connectivity index (χ0v) is 25.1. The highest BCUT2D eigenvalue weighted by molar-refractivity contribution is 7.86. The number of halogens is 4. The third-order valence-corrected chi connectivity index (χ3v) is 8.23. The molecule has 0 saturated carbocycles. The number of aromatic nitrogens is 2. The van der Waals surface area contributed by atoms with Gasteiger partial charge in [-0.15, -0.1) is 0 Å². The van der Waals surface area contributed by atoms with Crippen LogP contribution in [0.1, 0.15) is 17.2 Å². The molecule has 3 aromatic carbocycles. The highest BCUT2D eigenvalue weighted by Crippen LogP contribution is 2.40. The van der Waals surface area contributed by atoms with Crippen LogP contribution in [0.4, 0.5) is 23.4 Å². The first-order valence-corrected chi connectivity index (χ1v) is 14.6. The zero-order valence-electron chi connectivity index (χ0n) is 23.5. The van der Waals surface area contributed by atoms with Crippen molar-refractivity contribution in [3.63, 3.8) is 0 Å². The maximum absolute atomic E-state index is 15.2. The monoisotopic (exact) mass is 661 g/mol. The molecule has 0 amide bonds. The molecule has 2 atom stereocenters. The fourth-order valence-corrected chi connectivity index (χ4v) is 5.95. The molecule has 0 spiro atoms. The molecule has 0 radical (unpaired) electrons. The maximum atomic E-state index is 15.2. The second-order valence-corrected chi connectivity index (χ2v) is 11.0. The summed E-state index contributed by atoms with van der Waals surface area (Å²) in [4.78, 5) is 13.4. The van der Waals surface area contributed by atoms with Gasteiger partial charge in [-0.3, -0.25) is 13.7 Å². The van der Waals surface area contributed by atoms with E-state index in [9.17, 15) is 22.2 Å². The number of pyridine rings is 1. The SMILES string of the molecule is COc1ccc(CN(c2ccon2)S(=O)c2ccc3c(ccc(=O)n3-c3cc(F)c(C(OC=S)C(F)(F)F)cc3OC)c2)cc1. The summed E-state index contributed by atoms with van der Waals surface area (Å²) in [6.07, 6.45) is -6.33. The van der Waals surface area contributed by atoms with Gasteiger partial charge in [0, 0.05) is 29.1 Å². The number of alkyl halides is 3. The van der Waals surface area contributed by atoms with Gasteiger partial charge < -0.3 is 18.7 Å². The summed E-state index contributed by atoms with van der Waals surface area (Å²) in [6, 6.07) is 17.6. The van der Waals surface area contributed by atoms with Crippen LogP contribution in [0.25, 0.3) is 16.6 Å². The van der Waals surface area contributed by atoms with E-state index in [0.717, 1.165) is 22.3 Å². The number of hydrogen-bond acceptors (Lipinski definition) is 8. The molecular formula is C30H23F4N3O6S2. The van der Waals surface area contributed by atoms with E-state index in [2.05, 4.69) is 22.1 Å². The Morgan fingerprint density at radius 2 is 1.80 bits per heavy atom. The topological polar surface area (TPSA) is 96.0 Å². The van der Waals surface area contributed by atoms with E-state index >= 15 is 4.39 Å². The third-order valence-electron chi connectivity index (χ3n) is 6.74. The number of nitrogens with zero attached hydrogens (tertiary/aromatic N) is 3. The van der Waals surface area contributed by atoms with Gasteiger partial charge in [-0.2, -0.15) is 13.2 Å². The van der Waals surface area contributed by atoms with Crippen molar-refractivity contribution in [1.29, 1.82) is 0 Å². The fourth-order valence-electron chi connectivity index (χ4n) is 4.64. The molecular weight excluding hydrogens is 638 g/mol. The van der Waals surface area contributed by atoms with Crippen LogP contribution in [0.3, 0.4) is 0 Å². The Balaban J connectivity index is 1.57. The van der Waals surface area contributed by atoms with Crippen molar-refractivity contribution in [3.8, 4) is 17.2 Å². The van der Waals surface area contributed by atoms with Crippen molar-refractivity contribution in [2.45, 2.75) is 23.7 Å². The molecule has 2 aromatic heterocycles. The van der Waals surface area contributed by atoms with Crippen LogP contribution in [0, 0.1) is 5.82 Å². The fraction of sp³-hybridized carbons (Fsp3) is 0.167. The van der Waals surface area contributed by atoms with Crippen LogP contribution >= 0.6 is 12.2 Å². The van der Waals surface area contributed by atoms with Crippen molar-refractivity contribution in [2.24, 2.45) is 0 Å². The largest absolute Gasteiger partial charge is 0.497 e. The van der Waals surface area contributed by atoms with E-state index in [1.807, 2.05) is 12.1 Å². The van der Waals surface area contributed by atoms with E-state index in [0.29, 0.717) is 27.4 Å². The van der Waals surface area contributed by atoms with Crippen molar-refractivity contribution in [2.75, 3.05) is 18.5 Å². The summed E-state index contributed by atoms with van der Waals surface area (Å²) in [6.45, 7) is 0.190. The normalized spacial score (nSPS) is 12.8. The van der Waals surface area contributed by atoms with Crippen LogP contribution in [0.15, 0.2) is 93.3 Å². The van der Waals surface area contributed by atoms with Gasteiger partial charge >= 0.3 is 6.18 Å². The highest BCUT2D eigenvalue weighted by atomic mass is 32.2. The summed E-state index contributed by atoms with van der Waals surface area (Å²) in [5, 5.41) is 4.37. The Kier molecular flexibility index (Phi) is 9.20. The Labute approximate surface area is 261 Å². The van der Waals surface area contributed by atoms with Gasteiger partial charge in [-0.1, -0.05) is 17.3 Å². The molecule has 45 heavy (non-hydrogen) atoms. The van der Waals surface area contributed by atoms with Gasteiger partial charge in [-0.25, -0.2) is 8.60 Å². The first-order valence-electron chi connectivity index (χ1n) is 13.0. The number of fused-ring (bicyclic) bond motifs is 1. The second-order valence-electron chi connectivity index (χ2n) is 9.42. The van der Waals surface area contributed by atoms with Crippen molar-refractivity contribution in [3.05, 3.63) is 106 Å². The molecule has 15 heteroatoms. The van der Waals surface area contributed by atoms with Gasteiger partial charge in [0.15, 0.2) is 16.8 Å². The average Bonchev–Trinajstić information content (AvgIpc) is 3.57. The van der Waals surface area contributed by atoms with Crippen LogP contribution in [0.5, 0.6) is 11.5 Å². The lowest BCUT2D eigenvalue weighted by Crippen LogP contribution is -2.26. The van der Waals surface area contributed by atoms with E-state index in [-0.39, 0.29) is 23.5 Å². The molecule has 5 aromatic rings. The quantitative estimate of drug-likeness (QED) is 0.118. The van der Waals surface area contributed by atoms with E-state index in [1.54, 1.807) is 31.4 Å². The van der Waals surface area contributed by atoms with Gasteiger partial charge in [0.05, 0.1) is 36.9 Å². The molecule has 0 aliphatic rings. The number of ether oxygens (including phenoxy) is 3. The molecule has 0 N–H and O–H groups in total. The minimum absolute atomic E-state index is 0.157. The number of hydrogen-bond donors (Lipinski definition) is 0. The summed E-state index contributed by atoms with van der Waals surface area (Å²) in [5.74, 6) is -0.562. The molecule has 0 aliphatic heterocycles. The molecule has 9 nitrogen and oxygen atoms in total. The predicted molar refractivity (Wildman–Crippen MR) is 162 cm³/mol. The first kappa shape index (κ1) is 31.7. The molecule has 0 saturated heterocycles. The average molecular weight is 662 g/mol. The molecule has 0 fully saturated rings. The summed E-state index contributed by atoms with van der Waals surface area (Å²) < 4.78 is 92.5. The van der Waals surface area contributed by atoms with Crippen molar-refractivity contribution in [1.82, 2.24) is 9.72 Å².